The molecule has 0 aliphatic heterocycles. The maximum Gasteiger partial charge on any atom is 0.230 e. The van der Waals surface area contributed by atoms with E-state index >= 15 is 0 Å². The van der Waals surface area contributed by atoms with Crippen LogP contribution in [-0.2, 0) is 17.8 Å². The molecule has 0 aliphatic rings. The van der Waals surface area contributed by atoms with Crippen molar-refractivity contribution in [3.05, 3.63) is 70.5 Å². The minimum Gasteiger partial charge on any atom is -0.485 e. The molecule has 2 aromatic carbocycles. The lowest BCUT2D eigenvalue weighted by molar-refractivity contribution is -0.118. The number of rotatable bonds is 11. The lowest BCUT2D eigenvalue weighted by Gasteiger charge is -2.14. The van der Waals surface area contributed by atoms with Gasteiger partial charge in [-0.15, -0.1) is 10.2 Å². The summed E-state index contributed by atoms with van der Waals surface area (Å²) >= 11 is 1.26. The highest BCUT2D eigenvalue weighted by Gasteiger charge is 2.14. The van der Waals surface area contributed by atoms with Crippen LogP contribution in [0.5, 0.6) is 5.75 Å². The molecule has 1 heterocycles. The molecule has 3 aromatic rings. The van der Waals surface area contributed by atoms with Gasteiger partial charge in [-0.3, -0.25) is 4.79 Å². The summed E-state index contributed by atoms with van der Waals surface area (Å²) in [6.45, 7) is 11.4. The lowest BCUT2D eigenvalue weighted by Crippen LogP contribution is -2.27. The Morgan fingerprint density at radius 1 is 1.09 bits per heavy atom. The lowest BCUT2D eigenvalue weighted by atomic mass is 10.0. The fourth-order valence-corrected chi connectivity index (χ4v) is 4.19. The molecule has 3 N–H and O–H groups in total. The Bertz CT molecular complexity index is 1090. The summed E-state index contributed by atoms with van der Waals surface area (Å²) in [5, 5.41) is 11.7. The third-order valence-electron chi connectivity index (χ3n) is 5.60. The highest BCUT2D eigenvalue weighted by molar-refractivity contribution is 7.99. The number of hydrogen-bond acceptors (Lipinski definition) is 6. The van der Waals surface area contributed by atoms with Crippen molar-refractivity contribution >= 4 is 17.7 Å². The van der Waals surface area contributed by atoms with Crippen LogP contribution in [0, 0.1) is 6.92 Å². The van der Waals surface area contributed by atoms with Crippen LogP contribution in [0.4, 0.5) is 0 Å². The van der Waals surface area contributed by atoms with Gasteiger partial charge in [0.15, 0.2) is 5.82 Å². The molecule has 1 aromatic heterocycles. The van der Waals surface area contributed by atoms with Gasteiger partial charge in [0.05, 0.1) is 5.75 Å². The van der Waals surface area contributed by atoms with Crippen LogP contribution in [0.3, 0.4) is 0 Å². The molecule has 0 spiro atoms. The number of carbonyl (C=O) groups is 1. The standard InChI is InChI=1S/C26H35N5O2S/c1-17(2)21-9-7-20(8-10-21)12-13-28-25(32)16-34-26-30-29-24(31(26)27)15-33-23-14-19(5)6-11-22(23)18(3)4/h6-11,14,17-18H,12-13,15-16,27H2,1-5H3,(H,28,32). The molecule has 0 aliphatic carbocycles. The van der Waals surface area contributed by atoms with Gasteiger partial charge in [-0.25, -0.2) is 4.68 Å². The molecular weight excluding hydrogens is 446 g/mol. The third kappa shape index (κ3) is 7.00. The van der Waals surface area contributed by atoms with Gasteiger partial charge in [-0.2, -0.15) is 0 Å². The molecule has 7 nitrogen and oxygen atoms in total. The highest BCUT2D eigenvalue weighted by atomic mass is 32.2. The second kappa shape index (κ2) is 11.9. The predicted molar refractivity (Wildman–Crippen MR) is 138 cm³/mol. The molecule has 0 bridgehead atoms. The maximum absolute atomic E-state index is 12.3. The Morgan fingerprint density at radius 3 is 2.50 bits per heavy atom. The van der Waals surface area contributed by atoms with E-state index in [0.717, 1.165) is 23.3 Å². The van der Waals surface area contributed by atoms with Crippen molar-refractivity contribution in [3.8, 4) is 5.75 Å². The van der Waals surface area contributed by atoms with E-state index in [1.807, 2.05) is 13.0 Å². The van der Waals surface area contributed by atoms with Crippen molar-refractivity contribution in [2.75, 3.05) is 18.1 Å². The molecule has 0 unspecified atom stereocenters. The van der Waals surface area contributed by atoms with Gasteiger partial charge in [0, 0.05) is 6.54 Å². The number of hydrogen-bond donors (Lipinski definition) is 2. The van der Waals surface area contributed by atoms with Crippen molar-refractivity contribution in [2.24, 2.45) is 0 Å². The Hall–Kier alpha value is -3.00. The van der Waals surface area contributed by atoms with Gasteiger partial charge in [-0.1, -0.05) is 75.9 Å². The molecule has 34 heavy (non-hydrogen) atoms. The van der Waals surface area contributed by atoms with Crippen LogP contribution >= 0.6 is 11.8 Å². The number of nitrogens with two attached hydrogens (primary N) is 1. The van der Waals surface area contributed by atoms with E-state index in [9.17, 15) is 4.79 Å². The number of nitrogens with zero attached hydrogens (tertiary/aromatic N) is 3. The fourth-order valence-electron chi connectivity index (χ4n) is 3.49. The Labute approximate surface area is 206 Å². The van der Waals surface area contributed by atoms with Crippen molar-refractivity contribution in [1.29, 1.82) is 0 Å². The third-order valence-corrected chi connectivity index (χ3v) is 6.54. The van der Waals surface area contributed by atoms with Gasteiger partial charge in [0.25, 0.3) is 0 Å². The van der Waals surface area contributed by atoms with E-state index in [0.29, 0.717) is 29.4 Å². The highest BCUT2D eigenvalue weighted by Crippen LogP contribution is 2.28. The topological polar surface area (TPSA) is 95.1 Å². The smallest absolute Gasteiger partial charge is 0.230 e. The molecule has 182 valence electrons. The van der Waals surface area contributed by atoms with Crippen molar-refractivity contribution in [1.82, 2.24) is 20.2 Å². The van der Waals surface area contributed by atoms with E-state index in [1.54, 1.807) is 0 Å². The zero-order chi connectivity index (χ0) is 24.7. The number of benzene rings is 2. The largest absolute Gasteiger partial charge is 0.485 e. The summed E-state index contributed by atoms with van der Waals surface area (Å²) in [4.78, 5) is 12.3. The van der Waals surface area contributed by atoms with E-state index in [-0.39, 0.29) is 18.3 Å². The zero-order valence-corrected chi connectivity index (χ0v) is 21.5. The summed E-state index contributed by atoms with van der Waals surface area (Å²) in [5.41, 5.74) is 4.79. The van der Waals surface area contributed by atoms with Crippen LogP contribution in [0.15, 0.2) is 47.6 Å². The normalized spacial score (nSPS) is 11.3. The Morgan fingerprint density at radius 2 is 1.82 bits per heavy atom. The molecule has 0 fully saturated rings. The first-order valence-electron chi connectivity index (χ1n) is 11.7. The van der Waals surface area contributed by atoms with E-state index in [2.05, 4.69) is 79.6 Å². The minimum absolute atomic E-state index is 0.0639. The van der Waals surface area contributed by atoms with Crippen LogP contribution < -0.4 is 15.9 Å². The number of ether oxygens (including phenoxy) is 1. The van der Waals surface area contributed by atoms with E-state index in [1.165, 1.54) is 27.6 Å². The average Bonchev–Trinajstić information content (AvgIpc) is 3.15. The molecular formula is C26H35N5O2S. The van der Waals surface area contributed by atoms with Gasteiger partial charge in [-0.05, 0) is 53.5 Å². The summed E-state index contributed by atoms with van der Waals surface area (Å²) in [6.07, 6.45) is 0.792. The van der Waals surface area contributed by atoms with Crippen LogP contribution in [0.1, 0.15) is 67.6 Å². The first-order chi connectivity index (χ1) is 16.2. The van der Waals surface area contributed by atoms with Crippen molar-refractivity contribution < 1.29 is 9.53 Å². The molecule has 0 radical (unpaired) electrons. The van der Waals surface area contributed by atoms with Crippen LogP contribution in [0.2, 0.25) is 0 Å². The summed E-state index contributed by atoms with van der Waals surface area (Å²) in [7, 11) is 0. The molecule has 0 saturated heterocycles. The van der Waals surface area contributed by atoms with Crippen molar-refractivity contribution in [2.45, 2.75) is 64.6 Å². The maximum atomic E-state index is 12.3. The SMILES string of the molecule is Cc1ccc(C(C)C)c(OCc2nnc(SCC(=O)NCCc3ccc(C(C)C)cc3)n2N)c1. The number of aryl methyl sites for hydroxylation is 1. The Kier molecular flexibility index (Phi) is 8.98. The first kappa shape index (κ1) is 25.6. The number of aromatic nitrogens is 3. The van der Waals surface area contributed by atoms with Gasteiger partial charge >= 0.3 is 0 Å². The monoisotopic (exact) mass is 481 g/mol. The number of amides is 1. The Balaban J connectivity index is 1.46. The summed E-state index contributed by atoms with van der Waals surface area (Å²) < 4.78 is 7.40. The fraction of sp³-hybridized carbons (Fsp3) is 0.423. The minimum atomic E-state index is -0.0639. The summed E-state index contributed by atoms with van der Waals surface area (Å²) in [6, 6.07) is 14.7. The average molecular weight is 482 g/mol. The molecule has 3 rings (SSSR count). The zero-order valence-electron chi connectivity index (χ0n) is 20.7. The van der Waals surface area contributed by atoms with Crippen molar-refractivity contribution in [3.63, 3.8) is 0 Å². The van der Waals surface area contributed by atoms with Crippen LogP contribution in [-0.4, -0.2) is 33.1 Å². The molecule has 0 atom stereocenters. The number of nitrogen functional groups attached to an aromatic ring is 1. The molecule has 1 amide bonds. The molecule has 0 saturated carbocycles. The number of nitrogens with one attached hydrogen (secondary N) is 1. The predicted octanol–water partition coefficient (Wildman–Crippen LogP) is 4.58. The quantitative estimate of drug-likeness (QED) is 0.308. The molecule has 8 heteroatoms. The van der Waals surface area contributed by atoms with Gasteiger partial charge in [0.2, 0.25) is 11.1 Å². The second-order valence-electron chi connectivity index (χ2n) is 9.04. The van der Waals surface area contributed by atoms with E-state index < -0.39 is 0 Å². The van der Waals surface area contributed by atoms with Gasteiger partial charge < -0.3 is 15.9 Å². The van der Waals surface area contributed by atoms with Crippen LogP contribution in [0.25, 0.3) is 0 Å². The summed E-state index contributed by atoms with van der Waals surface area (Å²) in [5.74, 6) is 8.49. The van der Waals surface area contributed by atoms with Gasteiger partial charge in [0.1, 0.15) is 12.4 Å². The van der Waals surface area contributed by atoms with E-state index in [4.69, 9.17) is 10.6 Å². The number of carbonyl (C=O) groups excluding carboxylic acids is 1. The number of thioether (sulfide) groups is 1. The first-order valence-corrected chi connectivity index (χ1v) is 12.6. The second-order valence-corrected chi connectivity index (χ2v) is 9.98.